The molecule has 0 amide bonds. The van der Waals surface area contributed by atoms with Crippen LogP contribution < -0.4 is 10.1 Å². The van der Waals surface area contributed by atoms with E-state index in [1.807, 2.05) is 13.8 Å². The standard InChI is InChI=1S/C13H18FNO3/c1-13(2,8-15-7-12(16)17)9-4-5-11(18-3)10(14)6-9/h4-6,15H,7-8H2,1-3H3,(H,16,17). The molecule has 5 heteroatoms. The molecule has 0 saturated heterocycles. The summed E-state index contributed by atoms with van der Waals surface area (Å²) in [5, 5.41) is 11.4. The number of rotatable bonds is 6. The number of hydrogen-bond acceptors (Lipinski definition) is 3. The highest BCUT2D eigenvalue weighted by atomic mass is 19.1. The number of benzene rings is 1. The van der Waals surface area contributed by atoms with E-state index in [0.717, 1.165) is 5.56 Å². The van der Waals surface area contributed by atoms with Gasteiger partial charge in [0.1, 0.15) is 0 Å². The number of carbonyl (C=O) groups is 1. The van der Waals surface area contributed by atoms with Crippen molar-refractivity contribution in [1.29, 1.82) is 0 Å². The predicted molar refractivity (Wildman–Crippen MR) is 66.5 cm³/mol. The van der Waals surface area contributed by atoms with E-state index < -0.39 is 11.8 Å². The van der Waals surface area contributed by atoms with Crippen LogP contribution in [0.15, 0.2) is 18.2 Å². The van der Waals surface area contributed by atoms with Gasteiger partial charge in [0, 0.05) is 12.0 Å². The summed E-state index contributed by atoms with van der Waals surface area (Å²) < 4.78 is 18.4. The average molecular weight is 255 g/mol. The quantitative estimate of drug-likeness (QED) is 0.813. The van der Waals surface area contributed by atoms with Crippen molar-refractivity contribution in [3.8, 4) is 5.75 Å². The van der Waals surface area contributed by atoms with Gasteiger partial charge in [0.2, 0.25) is 0 Å². The van der Waals surface area contributed by atoms with Crippen LogP contribution in [0.25, 0.3) is 0 Å². The van der Waals surface area contributed by atoms with Gasteiger partial charge in [-0.2, -0.15) is 0 Å². The Morgan fingerprint density at radius 1 is 1.50 bits per heavy atom. The summed E-state index contributed by atoms with van der Waals surface area (Å²) in [6.45, 7) is 4.18. The van der Waals surface area contributed by atoms with Crippen LogP contribution in [-0.2, 0) is 10.2 Å². The summed E-state index contributed by atoms with van der Waals surface area (Å²) >= 11 is 0. The highest BCUT2D eigenvalue weighted by molar-refractivity contribution is 5.69. The number of ether oxygens (including phenoxy) is 1. The molecule has 0 aliphatic rings. The molecule has 100 valence electrons. The van der Waals surface area contributed by atoms with Crippen molar-refractivity contribution >= 4 is 5.97 Å². The normalized spacial score (nSPS) is 11.3. The molecule has 0 aliphatic carbocycles. The van der Waals surface area contributed by atoms with E-state index in [1.165, 1.54) is 13.2 Å². The second-order valence-electron chi connectivity index (χ2n) is 4.73. The third-order valence-electron chi connectivity index (χ3n) is 2.78. The molecule has 0 aromatic heterocycles. The Balaban J connectivity index is 2.77. The van der Waals surface area contributed by atoms with Gasteiger partial charge in [-0.25, -0.2) is 4.39 Å². The molecule has 0 heterocycles. The lowest BCUT2D eigenvalue weighted by molar-refractivity contribution is -0.136. The van der Waals surface area contributed by atoms with Gasteiger partial charge in [0.25, 0.3) is 0 Å². The van der Waals surface area contributed by atoms with Crippen LogP contribution in [0.1, 0.15) is 19.4 Å². The third-order valence-corrected chi connectivity index (χ3v) is 2.78. The lowest BCUT2D eigenvalue weighted by Crippen LogP contribution is -2.35. The Labute approximate surface area is 106 Å². The van der Waals surface area contributed by atoms with E-state index in [2.05, 4.69) is 5.32 Å². The molecule has 1 rings (SSSR count). The second kappa shape index (κ2) is 5.82. The van der Waals surface area contributed by atoms with Crippen molar-refractivity contribution in [3.05, 3.63) is 29.6 Å². The summed E-state index contributed by atoms with van der Waals surface area (Å²) in [6, 6.07) is 4.77. The Morgan fingerprint density at radius 3 is 2.67 bits per heavy atom. The molecule has 0 atom stereocenters. The minimum Gasteiger partial charge on any atom is -0.494 e. The van der Waals surface area contributed by atoms with Crippen LogP contribution in [0, 0.1) is 5.82 Å². The highest BCUT2D eigenvalue weighted by Gasteiger charge is 2.22. The summed E-state index contributed by atoms with van der Waals surface area (Å²) in [6.07, 6.45) is 0. The van der Waals surface area contributed by atoms with Crippen molar-refractivity contribution < 1.29 is 19.0 Å². The van der Waals surface area contributed by atoms with Gasteiger partial charge in [-0.3, -0.25) is 4.79 Å². The lowest BCUT2D eigenvalue weighted by atomic mass is 9.84. The first-order valence-corrected chi connectivity index (χ1v) is 5.63. The predicted octanol–water partition coefficient (Wildman–Crippen LogP) is 1.79. The van der Waals surface area contributed by atoms with Crippen molar-refractivity contribution in [1.82, 2.24) is 5.32 Å². The maximum absolute atomic E-state index is 13.6. The molecule has 0 spiro atoms. The number of carboxylic acid groups (broad SMARTS) is 1. The Morgan fingerprint density at radius 2 is 2.17 bits per heavy atom. The number of hydrogen-bond donors (Lipinski definition) is 2. The molecule has 4 nitrogen and oxygen atoms in total. The maximum atomic E-state index is 13.6. The first kappa shape index (κ1) is 14.4. The van der Waals surface area contributed by atoms with Gasteiger partial charge in [-0.15, -0.1) is 0 Å². The number of carboxylic acids is 1. The van der Waals surface area contributed by atoms with Gasteiger partial charge in [0.05, 0.1) is 13.7 Å². The summed E-state index contributed by atoms with van der Waals surface area (Å²) in [7, 11) is 1.41. The summed E-state index contributed by atoms with van der Waals surface area (Å²) in [5.41, 5.74) is 0.432. The smallest absolute Gasteiger partial charge is 0.317 e. The van der Waals surface area contributed by atoms with Crippen molar-refractivity contribution in [3.63, 3.8) is 0 Å². The van der Waals surface area contributed by atoms with Gasteiger partial charge in [0.15, 0.2) is 11.6 Å². The molecule has 0 fully saturated rings. The van der Waals surface area contributed by atoms with Gasteiger partial charge in [-0.05, 0) is 17.7 Å². The van der Waals surface area contributed by atoms with Gasteiger partial charge >= 0.3 is 5.97 Å². The summed E-state index contributed by atoms with van der Waals surface area (Å²) in [5.74, 6) is -1.12. The van der Waals surface area contributed by atoms with Gasteiger partial charge in [-0.1, -0.05) is 19.9 Å². The minimum atomic E-state index is -0.910. The first-order chi connectivity index (χ1) is 8.36. The van der Waals surface area contributed by atoms with Crippen LogP contribution in [0.3, 0.4) is 0 Å². The molecule has 0 saturated carbocycles. The van der Waals surface area contributed by atoms with Crippen molar-refractivity contribution in [2.24, 2.45) is 0 Å². The maximum Gasteiger partial charge on any atom is 0.317 e. The molecule has 1 aromatic carbocycles. The summed E-state index contributed by atoms with van der Waals surface area (Å²) in [4.78, 5) is 10.4. The fourth-order valence-electron chi connectivity index (χ4n) is 1.67. The zero-order valence-corrected chi connectivity index (χ0v) is 10.8. The minimum absolute atomic E-state index is 0.109. The largest absolute Gasteiger partial charge is 0.494 e. The van der Waals surface area contributed by atoms with E-state index >= 15 is 0 Å². The number of aliphatic carboxylic acids is 1. The van der Waals surface area contributed by atoms with Crippen molar-refractivity contribution in [2.45, 2.75) is 19.3 Å². The highest BCUT2D eigenvalue weighted by Crippen LogP contribution is 2.26. The van der Waals surface area contributed by atoms with Crippen LogP contribution in [0.5, 0.6) is 5.75 Å². The number of methoxy groups -OCH3 is 1. The molecule has 0 aliphatic heterocycles. The lowest BCUT2D eigenvalue weighted by Gasteiger charge is -2.25. The van der Waals surface area contributed by atoms with E-state index in [-0.39, 0.29) is 17.7 Å². The topological polar surface area (TPSA) is 58.6 Å². The monoisotopic (exact) mass is 255 g/mol. The fourth-order valence-corrected chi connectivity index (χ4v) is 1.67. The Hall–Kier alpha value is -1.62. The number of nitrogens with one attached hydrogen (secondary N) is 1. The Bertz CT molecular complexity index is 432. The van der Waals surface area contributed by atoms with E-state index in [1.54, 1.807) is 12.1 Å². The SMILES string of the molecule is COc1ccc(C(C)(C)CNCC(=O)O)cc1F. The molecule has 0 bridgehead atoms. The average Bonchev–Trinajstić information content (AvgIpc) is 2.28. The third kappa shape index (κ3) is 3.70. The van der Waals surface area contributed by atoms with Crippen LogP contribution in [0.4, 0.5) is 4.39 Å². The van der Waals surface area contributed by atoms with Crippen LogP contribution >= 0.6 is 0 Å². The second-order valence-corrected chi connectivity index (χ2v) is 4.73. The molecule has 0 unspecified atom stereocenters. The van der Waals surface area contributed by atoms with Crippen LogP contribution in [-0.4, -0.2) is 31.3 Å². The molecular weight excluding hydrogens is 237 g/mol. The van der Waals surface area contributed by atoms with Crippen LogP contribution in [0.2, 0.25) is 0 Å². The molecule has 0 radical (unpaired) electrons. The molecule has 18 heavy (non-hydrogen) atoms. The van der Waals surface area contributed by atoms with E-state index in [0.29, 0.717) is 6.54 Å². The Kier molecular flexibility index (Phi) is 4.67. The van der Waals surface area contributed by atoms with E-state index in [9.17, 15) is 9.18 Å². The fraction of sp³-hybridized carbons (Fsp3) is 0.462. The van der Waals surface area contributed by atoms with Gasteiger partial charge < -0.3 is 15.2 Å². The van der Waals surface area contributed by atoms with E-state index in [4.69, 9.17) is 9.84 Å². The number of halogens is 1. The first-order valence-electron chi connectivity index (χ1n) is 5.63. The zero-order chi connectivity index (χ0) is 13.8. The molecule has 1 aromatic rings. The molecule has 2 N–H and O–H groups in total. The molecular formula is C13H18FNO3. The van der Waals surface area contributed by atoms with Crippen molar-refractivity contribution in [2.75, 3.05) is 20.2 Å². The zero-order valence-electron chi connectivity index (χ0n) is 10.8.